The van der Waals surface area contributed by atoms with Crippen molar-refractivity contribution in [3.8, 4) is 0 Å². The third-order valence-electron chi connectivity index (χ3n) is 3.23. The fourth-order valence-corrected chi connectivity index (χ4v) is 3.31. The molecule has 1 aromatic rings. The van der Waals surface area contributed by atoms with E-state index in [4.69, 9.17) is 11.6 Å². The second-order valence-corrected chi connectivity index (χ2v) is 6.62. The Balaban J connectivity index is 1.70. The SMILES string of the molecule is CN(CCC(=O)N1CCNCC1)Cc1ccc(Cl)s1. The van der Waals surface area contributed by atoms with Gasteiger partial charge in [-0.2, -0.15) is 0 Å². The molecule has 19 heavy (non-hydrogen) atoms. The molecule has 1 aliphatic heterocycles. The summed E-state index contributed by atoms with van der Waals surface area (Å²) in [5, 5.41) is 3.25. The van der Waals surface area contributed by atoms with Crippen molar-refractivity contribution >= 4 is 28.8 Å². The third kappa shape index (κ3) is 4.76. The Hall–Kier alpha value is -0.620. The lowest BCUT2D eigenvalue weighted by atomic mass is 10.3. The maximum Gasteiger partial charge on any atom is 0.223 e. The van der Waals surface area contributed by atoms with Crippen LogP contribution in [0.2, 0.25) is 4.34 Å². The molecule has 1 fully saturated rings. The van der Waals surface area contributed by atoms with E-state index in [1.54, 1.807) is 11.3 Å². The minimum Gasteiger partial charge on any atom is -0.340 e. The van der Waals surface area contributed by atoms with E-state index in [1.165, 1.54) is 4.88 Å². The first-order valence-electron chi connectivity index (χ1n) is 6.56. The Morgan fingerprint density at radius 3 is 2.84 bits per heavy atom. The molecule has 0 spiro atoms. The van der Waals surface area contributed by atoms with E-state index >= 15 is 0 Å². The van der Waals surface area contributed by atoms with E-state index in [0.717, 1.165) is 43.6 Å². The summed E-state index contributed by atoms with van der Waals surface area (Å²) in [6, 6.07) is 3.96. The highest BCUT2D eigenvalue weighted by Crippen LogP contribution is 2.22. The Morgan fingerprint density at radius 2 is 2.21 bits per heavy atom. The van der Waals surface area contributed by atoms with Gasteiger partial charge >= 0.3 is 0 Å². The summed E-state index contributed by atoms with van der Waals surface area (Å²) >= 11 is 7.50. The molecule has 0 bridgehead atoms. The van der Waals surface area contributed by atoms with Crippen LogP contribution in [0, 0.1) is 0 Å². The summed E-state index contributed by atoms with van der Waals surface area (Å²) in [7, 11) is 2.04. The standard InChI is InChI=1S/C13H20ClN3OS/c1-16(10-11-2-3-12(14)19-11)7-4-13(18)17-8-5-15-6-9-17/h2-3,15H,4-10H2,1H3. The van der Waals surface area contributed by atoms with Gasteiger partial charge in [0.1, 0.15) is 0 Å². The fourth-order valence-electron chi connectivity index (χ4n) is 2.14. The second kappa shape index (κ2) is 7.24. The van der Waals surface area contributed by atoms with Crippen molar-refractivity contribution in [1.29, 1.82) is 0 Å². The molecule has 6 heteroatoms. The first-order valence-corrected chi connectivity index (χ1v) is 7.76. The molecule has 1 amide bonds. The highest BCUT2D eigenvalue weighted by Gasteiger charge is 2.16. The lowest BCUT2D eigenvalue weighted by Crippen LogP contribution is -2.46. The van der Waals surface area contributed by atoms with Gasteiger partial charge in [-0.1, -0.05) is 11.6 Å². The largest absolute Gasteiger partial charge is 0.340 e. The first kappa shape index (κ1) is 14.8. The number of piperazine rings is 1. The average molecular weight is 302 g/mol. The molecule has 106 valence electrons. The summed E-state index contributed by atoms with van der Waals surface area (Å²) < 4.78 is 0.820. The van der Waals surface area contributed by atoms with Gasteiger partial charge in [0, 0.05) is 50.6 Å². The number of hydrogen-bond donors (Lipinski definition) is 1. The van der Waals surface area contributed by atoms with E-state index in [2.05, 4.69) is 10.2 Å². The van der Waals surface area contributed by atoms with Gasteiger partial charge in [0.15, 0.2) is 0 Å². The minimum absolute atomic E-state index is 0.262. The molecule has 0 atom stereocenters. The van der Waals surface area contributed by atoms with E-state index in [1.807, 2.05) is 24.1 Å². The fraction of sp³-hybridized carbons (Fsp3) is 0.615. The number of nitrogens with zero attached hydrogens (tertiary/aromatic N) is 2. The predicted molar refractivity (Wildman–Crippen MR) is 79.7 cm³/mol. The molecular formula is C13H20ClN3OS. The number of hydrogen-bond acceptors (Lipinski definition) is 4. The average Bonchev–Trinajstić information content (AvgIpc) is 2.82. The highest BCUT2D eigenvalue weighted by atomic mass is 35.5. The Labute approximate surface area is 123 Å². The zero-order valence-electron chi connectivity index (χ0n) is 11.2. The van der Waals surface area contributed by atoms with Gasteiger partial charge in [0.05, 0.1) is 4.34 Å². The van der Waals surface area contributed by atoms with Gasteiger partial charge in [-0.3, -0.25) is 4.79 Å². The molecule has 0 unspecified atom stereocenters. The first-order chi connectivity index (χ1) is 9.15. The Kier molecular flexibility index (Phi) is 5.63. The van der Waals surface area contributed by atoms with Gasteiger partial charge in [-0.15, -0.1) is 11.3 Å². The molecule has 1 saturated heterocycles. The topological polar surface area (TPSA) is 35.6 Å². The van der Waals surface area contributed by atoms with Gasteiger partial charge in [-0.05, 0) is 19.2 Å². The lowest BCUT2D eigenvalue weighted by molar-refractivity contribution is -0.132. The van der Waals surface area contributed by atoms with Crippen molar-refractivity contribution in [3.05, 3.63) is 21.3 Å². The van der Waals surface area contributed by atoms with Crippen LogP contribution in [0.25, 0.3) is 0 Å². The van der Waals surface area contributed by atoms with Gasteiger partial charge in [0.2, 0.25) is 5.91 Å². The molecule has 0 aromatic carbocycles. The summed E-state index contributed by atoms with van der Waals surface area (Å²) in [6.45, 7) is 5.14. The Bertz CT molecular complexity index is 418. The molecular weight excluding hydrogens is 282 g/mol. The van der Waals surface area contributed by atoms with Crippen LogP contribution in [0.3, 0.4) is 0 Å². The van der Waals surface area contributed by atoms with Crippen LogP contribution in [0.4, 0.5) is 0 Å². The maximum atomic E-state index is 12.0. The van der Waals surface area contributed by atoms with Crippen molar-refractivity contribution in [1.82, 2.24) is 15.1 Å². The number of rotatable bonds is 5. The quantitative estimate of drug-likeness (QED) is 0.898. The van der Waals surface area contributed by atoms with Crippen LogP contribution in [-0.4, -0.2) is 55.5 Å². The third-order valence-corrected chi connectivity index (χ3v) is 4.45. The molecule has 4 nitrogen and oxygen atoms in total. The van der Waals surface area contributed by atoms with Gasteiger partial charge < -0.3 is 15.1 Å². The highest BCUT2D eigenvalue weighted by molar-refractivity contribution is 7.16. The minimum atomic E-state index is 0.262. The van der Waals surface area contributed by atoms with Crippen LogP contribution in [0.15, 0.2) is 12.1 Å². The number of thiophene rings is 1. The van der Waals surface area contributed by atoms with Gasteiger partial charge in [0.25, 0.3) is 0 Å². The van der Waals surface area contributed by atoms with Crippen LogP contribution >= 0.6 is 22.9 Å². The second-order valence-electron chi connectivity index (χ2n) is 4.82. The normalized spacial score (nSPS) is 16.1. The molecule has 1 aliphatic rings. The molecule has 2 heterocycles. The number of nitrogens with one attached hydrogen (secondary N) is 1. The summed E-state index contributed by atoms with van der Waals surface area (Å²) in [5.41, 5.74) is 0. The predicted octanol–water partition coefficient (Wildman–Crippen LogP) is 1.66. The zero-order chi connectivity index (χ0) is 13.7. The molecule has 1 N–H and O–H groups in total. The number of amides is 1. The van der Waals surface area contributed by atoms with Crippen LogP contribution in [-0.2, 0) is 11.3 Å². The van der Waals surface area contributed by atoms with E-state index < -0.39 is 0 Å². The van der Waals surface area contributed by atoms with Crippen molar-refractivity contribution in [2.75, 3.05) is 39.8 Å². The maximum absolute atomic E-state index is 12.0. The van der Waals surface area contributed by atoms with Crippen LogP contribution in [0.5, 0.6) is 0 Å². The molecule has 0 radical (unpaired) electrons. The number of carbonyl (C=O) groups excluding carboxylic acids is 1. The summed E-state index contributed by atoms with van der Waals surface area (Å²) in [6.07, 6.45) is 0.593. The van der Waals surface area contributed by atoms with Crippen LogP contribution in [0.1, 0.15) is 11.3 Å². The van der Waals surface area contributed by atoms with E-state index in [0.29, 0.717) is 6.42 Å². The number of carbonyl (C=O) groups is 1. The van der Waals surface area contributed by atoms with Crippen molar-refractivity contribution in [2.45, 2.75) is 13.0 Å². The van der Waals surface area contributed by atoms with Gasteiger partial charge in [-0.25, -0.2) is 0 Å². The van der Waals surface area contributed by atoms with Crippen molar-refractivity contribution < 1.29 is 4.79 Å². The van der Waals surface area contributed by atoms with Crippen molar-refractivity contribution in [3.63, 3.8) is 0 Å². The monoisotopic (exact) mass is 301 g/mol. The smallest absolute Gasteiger partial charge is 0.223 e. The molecule has 0 aliphatic carbocycles. The Morgan fingerprint density at radius 1 is 1.47 bits per heavy atom. The zero-order valence-corrected chi connectivity index (χ0v) is 12.8. The summed E-state index contributed by atoms with van der Waals surface area (Å²) in [5.74, 6) is 0.262. The van der Waals surface area contributed by atoms with Crippen LogP contribution < -0.4 is 5.32 Å². The molecule has 2 rings (SSSR count). The van der Waals surface area contributed by atoms with E-state index in [9.17, 15) is 4.79 Å². The summed E-state index contributed by atoms with van der Waals surface area (Å²) in [4.78, 5) is 17.4. The van der Waals surface area contributed by atoms with Crippen molar-refractivity contribution in [2.24, 2.45) is 0 Å². The number of halogens is 1. The lowest BCUT2D eigenvalue weighted by Gasteiger charge is -2.28. The van der Waals surface area contributed by atoms with E-state index in [-0.39, 0.29) is 5.91 Å². The molecule has 1 aromatic heterocycles. The molecule has 0 saturated carbocycles.